The number of hydrogen-bond donors (Lipinski definition) is 2. The van der Waals surface area contributed by atoms with Crippen molar-refractivity contribution in [3.8, 4) is 0 Å². The molecule has 2 aromatic rings. The molecule has 1 aromatic carbocycles. The van der Waals surface area contributed by atoms with Gasteiger partial charge in [-0.3, -0.25) is 4.57 Å². The maximum atomic E-state index is 12.2. The molecule has 124 valence electrons. The molecule has 0 atom stereocenters. The normalized spacial score (nSPS) is 16.3. The highest BCUT2D eigenvalue weighted by atomic mass is 79.9. The Hall–Kier alpha value is -0.340. The summed E-state index contributed by atoms with van der Waals surface area (Å²) in [7, 11) is 0. The Morgan fingerprint density at radius 2 is 1.95 bits per heavy atom. The Balaban J connectivity index is 0.00000121. The number of nitrogens with one attached hydrogen (secondary N) is 1. The molecule has 0 saturated carbocycles. The lowest BCUT2D eigenvalue weighted by atomic mass is 10.0. The van der Waals surface area contributed by atoms with Crippen molar-refractivity contribution in [2.75, 3.05) is 26.2 Å². The van der Waals surface area contributed by atoms with E-state index in [1.54, 1.807) is 6.07 Å². The number of imidazole rings is 1. The van der Waals surface area contributed by atoms with Gasteiger partial charge >= 0.3 is 5.69 Å². The van der Waals surface area contributed by atoms with E-state index < -0.39 is 0 Å². The molecule has 0 radical (unpaired) electrons. The van der Waals surface area contributed by atoms with Crippen LogP contribution >= 0.6 is 45.6 Å². The first-order chi connectivity index (χ1) is 9.69. The predicted octanol–water partition coefficient (Wildman–Crippen LogP) is 2.73. The van der Waals surface area contributed by atoms with E-state index in [9.17, 15) is 4.79 Å². The highest BCUT2D eigenvalue weighted by Crippen LogP contribution is 2.25. The fourth-order valence-corrected chi connectivity index (χ4v) is 3.22. The van der Waals surface area contributed by atoms with Crippen LogP contribution in [0.1, 0.15) is 18.9 Å². The van der Waals surface area contributed by atoms with Gasteiger partial charge in [0, 0.05) is 37.2 Å². The van der Waals surface area contributed by atoms with Gasteiger partial charge in [0.1, 0.15) is 0 Å². The molecular formula is C14H21Br2ClN4O. The van der Waals surface area contributed by atoms with Crippen LogP contribution in [-0.2, 0) is 0 Å². The van der Waals surface area contributed by atoms with Crippen molar-refractivity contribution in [3.63, 3.8) is 0 Å². The van der Waals surface area contributed by atoms with Gasteiger partial charge in [0.05, 0.1) is 11.0 Å². The molecule has 0 aliphatic carbocycles. The lowest BCUT2D eigenvalue weighted by Crippen LogP contribution is -2.39. The number of rotatable bonds is 3. The summed E-state index contributed by atoms with van der Waals surface area (Å²) >= 11 is 5.97. The molecule has 0 bridgehead atoms. The number of halogens is 3. The SMILES string of the molecule is Br.Br.NCCN1CCC(n2c(=O)[nH]c3cc(Cl)ccc32)CC1. The van der Waals surface area contributed by atoms with Crippen LogP contribution in [0.5, 0.6) is 0 Å². The van der Waals surface area contributed by atoms with Gasteiger partial charge in [-0.1, -0.05) is 11.6 Å². The molecule has 8 heteroatoms. The van der Waals surface area contributed by atoms with Crippen molar-refractivity contribution in [1.82, 2.24) is 14.5 Å². The van der Waals surface area contributed by atoms with E-state index in [-0.39, 0.29) is 45.7 Å². The van der Waals surface area contributed by atoms with E-state index >= 15 is 0 Å². The number of hydrogen-bond acceptors (Lipinski definition) is 3. The van der Waals surface area contributed by atoms with Gasteiger partial charge < -0.3 is 15.6 Å². The topological polar surface area (TPSA) is 67.0 Å². The van der Waals surface area contributed by atoms with Crippen molar-refractivity contribution < 1.29 is 0 Å². The summed E-state index contributed by atoms with van der Waals surface area (Å²) in [6.07, 6.45) is 1.96. The van der Waals surface area contributed by atoms with Gasteiger partial charge in [-0.2, -0.15) is 0 Å². The van der Waals surface area contributed by atoms with Crippen molar-refractivity contribution in [2.24, 2.45) is 5.73 Å². The molecule has 3 rings (SSSR count). The highest BCUT2D eigenvalue weighted by Gasteiger charge is 2.23. The zero-order chi connectivity index (χ0) is 14.1. The number of likely N-dealkylation sites (tertiary alicyclic amines) is 1. The van der Waals surface area contributed by atoms with Crippen LogP contribution in [0.4, 0.5) is 0 Å². The summed E-state index contributed by atoms with van der Waals surface area (Å²) in [4.78, 5) is 17.4. The number of aromatic amines is 1. The highest BCUT2D eigenvalue weighted by molar-refractivity contribution is 8.93. The van der Waals surface area contributed by atoms with Crippen molar-refractivity contribution >= 4 is 56.6 Å². The average Bonchev–Trinajstić information content (AvgIpc) is 2.75. The smallest absolute Gasteiger partial charge is 0.326 e. The molecule has 1 aromatic heterocycles. The summed E-state index contributed by atoms with van der Waals surface area (Å²) in [5.74, 6) is 0. The number of benzene rings is 1. The summed E-state index contributed by atoms with van der Waals surface area (Å²) < 4.78 is 1.88. The number of fused-ring (bicyclic) bond motifs is 1. The largest absolute Gasteiger partial charge is 0.329 e. The third-order valence-corrected chi connectivity index (χ3v) is 4.28. The Morgan fingerprint density at radius 1 is 1.27 bits per heavy atom. The number of H-pyrrole nitrogens is 1. The van der Waals surface area contributed by atoms with Crippen LogP contribution in [0.25, 0.3) is 11.0 Å². The van der Waals surface area contributed by atoms with Gasteiger partial charge in [-0.05, 0) is 31.0 Å². The predicted molar refractivity (Wildman–Crippen MR) is 102 cm³/mol. The van der Waals surface area contributed by atoms with E-state index in [0.29, 0.717) is 11.6 Å². The minimum absolute atomic E-state index is 0. The summed E-state index contributed by atoms with van der Waals surface area (Å²) in [6, 6.07) is 5.81. The van der Waals surface area contributed by atoms with Crippen molar-refractivity contribution in [3.05, 3.63) is 33.7 Å². The average molecular weight is 457 g/mol. The van der Waals surface area contributed by atoms with E-state index in [2.05, 4.69) is 9.88 Å². The Labute approximate surface area is 155 Å². The van der Waals surface area contributed by atoms with Crippen LogP contribution in [0.2, 0.25) is 5.02 Å². The second kappa shape index (κ2) is 8.49. The number of piperidine rings is 1. The molecule has 1 saturated heterocycles. The Kier molecular flexibility index (Phi) is 7.61. The van der Waals surface area contributed by atoms with Gasteiger partial charge in [-0.25, -0.2) is 4.79 Å². The number of nitrogens with zero attached hydrogens (tertiary/aromatic N) is 2. The molecule has 0 amide bonds. The van der Waals surface area contributed by atoms with Gasteiger partial charge in [0.2, 0.25) is 0 Å². The van der Waals surface area contributed by atoms with E-state index in [1.165, 1.54) is 0 Å². The van der Waals surface area contributed by atoms with Crippen LogP contribution in [0, 0.1) is 0 Å². The van der Waals surface area contributed by atoms with Crippen LogP contribution < -0.4 is 11.4 Å². The van der Waals surface area contributed by atoms with Crippen molar-refractivity contribution in [2.45, 2.75) is 18.9 Å². The first-order valence-corrected chi connectivity index (χ1v) is 7.39. The maximum Gasteiger partial charge on any atom is 0.326 e. The van der Waals surface area contributed by atoms with Gasteiger partial charge in [0.15, 0.2) is 0 Å². The van der Waals surface area contributed by atoms with Gasteiger partial charge in [0.25, 0.3) is 0 Å². The summed E-state index contributed by atoms with van der Waals surface area (Å²) in [6.45, 7) is 3.62. The lowest BCUT2D eigenvalue weighted by molar-refractivity contribution is 0.191. The van der Waals surface area contributed by atoms with Gasteiger partial charge in [-0.15, -0.1) is 34.0 Å². The molecule has 3 N–H and O–H groups in total. The van der Waals surface area contributed by atoms with E-state index in [1.807, 2.05) is 16.7 Å². The lowest BCUT2D eigenvalue weighted by Gasteiger charge is -2.32. The molecule has 0 spiro atoms. The molecule has 1 aliphatic rings. The minimum atomic E-state index is -0.0421. The monoisotopic (exact) mass is 454 g/mol. The van der Waals surface area contributed by atoms with Crippen LogP contribution in [0.15, 0.2) is 23.0 Å². The first kappa shape index (κ1) is 19.7. The third-order valence-electron chi connectivity index (χ3n) is 4.05. The summed E-state index contributed by atoms with van der Waals surface area (Å²) in [5.41, 5.74) is 7.30. The zero-order valence-corrected chi connectivity index (χ0v) is 16.3. The van der Waals surface area contributed by atoms with E-state index in [4.69, 9.17) is 17.3 Å². The second-order valence-corrected chi connectivity index (χ2v) is 5.76. The third kappa shape index (κ3) is 3.94. The minimum Gasteiger partial charge on any atom is -0.329 e. The molecule has 1 fully saturated rings. The molecule has 22 heavy (non-hydrogen) atoms. The van der Waals surface area contributed by atoms with Crippen LogP contribution in [-0.4, -0.2) is 40.6 Å². The fraction of sp³-hybridized carbons (Fsp3) is 0.500. The number of nitrogens with two attached hydrogens (primary N) is 1. The summed E-state index contributed by atoms with van der Waals surface area (Å²) in [5, 5.41) is 0.642. The molecule has 2 heterocycles. The van der Waals surface area contributed by atoms with E-state index in [0.717, 1.165) is 43.5 Å². The zero-order valence-electron chi connectivity index (χ0n) is 12.1. The fourth-order valence-electron chi connectivity index (χ4n) is 3.05. The molecular weight excluding hydrogens is 435 g/mol. The second-order valence-electron chi connectivity index (χ2n) is 5.32. The quantitative estimate of drug-likeness (QED) is 0.746. The van der Waals surface area contributed by atoms with Crippen LogP contribution in [0.3, 0.4) is 0 Å². The number of aromatic nitrogens is 2. The maximum absolute atomic E-state index is 12.2. The molecule has 0 unspecified atom stereocenters. The van der Waals surface area contributed by atoms with Crippen molar-refractivity contribution in [1.29, 1.82) is 0 Å². The molecule has 5 nitrogen and oxygen atoms in total. The standard InChI is InChI=1S/C14H19ClN4O.2BrH/c15-10-1-2-13-12(9-10)17-14(20)19(13)11-3-6-18(7-4-11)8-5-16;;/h1-2,9,11H,3-8,16H2,(H,17,20);2*1H. The Bertz CT molecular complexity index is 664. The Morgan fingerprint density at radius 3 is 2.59 bits per heavy atom. The molecule has 1 aliphatic heterocycles. The first-order valence-electron chi connectivity index (χ1n) is 7.01.